The molecule has 0 spiro atoms. The Labute approximate surface area is 218 Å². The SMILES string of the molecule is CCCCCOC(=O)CCCCCCCCCCCCCC(CCC(=O)OCCCCC)C(C)C. The molecule has 4 nitrogen and oxygen atoms in total. The summed E-state index contributed by atoms with van der Waals surface area (Å²) in [7, 11) is 0. The van der Waals surface area contributed by atoms with E-state index in [1.807, 2.05) is 0 Å². The first-order chi connectivity index (χ1) is 17.0. The fourth-order valence-electron chi connectivity index (χ4n) is 4.60. The van der Waals surface area contributed by atoms with E-state index in [2.05, 4.69) is 27.7 Å². The van der Waals surface area contributed by atoms with E-state index in [1.54, 1.807) is 0 Å². The lowest BCUT2D eigenvalue weighted by Crippen LogP contribution is -2.13. The number of carbonyl (C=O) groups excluding carboxylic acids is 2. The number of carbonyl (C=O) groups is 2. The van der Waals surface area contributed by atoms with Crippen molar-refractivity contribution in [3.8, 4) is 0 Å². The summed E-state index contributed by atoms with van der Waals surface area (Å²) in [4.78, 5) is 23.6. The Hall–Kier alpha value is -1.06. The molecule has 0 bridgehead atoms. The predicted molar refractivity (Wildman–Crippen MR) is 149 cm³/mol. The standard InChI is InChI=1S/C31H60O4/c1-5-7-20-26-34-30(32)23-19-17-15-13-11-9-10-12-14-16-18-22-29(28(3)4)24-25-31(33)35-27-21-8-6-2/h28-29H,5-27H2,1-4H3. The average Bonchev–Trinajstić information content (AvgIpc) is 2.84. The maximum absolute atomic E-state index is 11.9. The molecule has 35 heavy (non-hydrogen) atoms. The summed E-state index contributed by atoms with van der Waals surface area (Å²) < 4.78 is 10.6. The first-order valence-electron chi connectivity index (χ1n) is 15.3. The molecular formula is C31H60O4. The van der Waals surface area contributed by atoms with Gasteiger partial charge in [-0.25, -0.2) is 0 Å². The van der Waals surface area contributed by atoms with Crippen molar-refractivity contribution in [3.05, 3.63) is 0 Å². The summed E-state index contributed by atoms with van der Waals surface area (Å²) in [6, 6.07) is 0. The van der Waals surface area contributed by atoms with E-state index in [9.17, 15) is 9.59 Å². The van der Waals surface area contributed by atoms with Gasteiger partial charge in [0.2, 0.25) is 0 Å². The van der Waals surface area contributed by atoms with Gasteiger partial charge in [0.05, 0.1) is 13.2 Å². The van der Waals surface area contributed by atoms with E-state index < -0.39 is 0 Å². The first kappa shape index (κ1) is 33.9. The zero-order valence-corrected chi connectivity index (χ0v) is 24.1. The van der Waals surface area contributed by atoms with Gasteiger partial charge in [-0.3, -0.25) is 9.59 Å². The van der Waals surface area contributed by atoms with Crippen LogP contribution in [0.25, 0.3) is 0 Å². The molecule has 0 N–H and O–H groups in total. The molecule has 0 fully saturated rings. The molecule has 208 valence electrons. The normalized spacial score (nSPS) is 12.1. The van der Waals surface area contributed by atoms with Crippen LogP contribution in [-0.2, 0) is 19.1 Å². The quantitative estimate of drug-likeness (QED) is 0.0883. The molecule has 0 amide bonds. The van der Waals surface area contributed by atoms with Crippen LogP contribution in [0.2, 0.25) is 0 Å². The van der Waals surface area contributed by atoms with Crippen molar-refractivity contribution in [2.45, 2.75) is 163 Å². The zero-order chi connectivity index (χ0) is 26.0. The molecule has 0 rings (SSSR count). The molecule has 0 radical (unpaired) electrons. The highest BCUT2D eigenvalue weighted by Crippen LogP contribution is 2.24. The van der Waals surface area contributed by atoms with Crippen molar-refractivity contribution >= 4 is 11.9 Å². The van der Waals surface area contributed by atoms with E-state index in [4.69, 9.17) is 9.47 Å². The van der Waals surface area contributed by atoms with Gasteiger partial charge in [0.1, 0.15) is 0 Å². The third kappa shape index (κ3) is 24.4. The number of esters is 2. The fourth-order valence-corrected chi connectivity index (χ4v) is 4.60. The lowest BCUT2D eigenvalue weighted by molar-refractivity contribution is -0.145. The average molecular weight is 497 g/mol. The van der Waals surface area contributed by atoms with Crippen LogP contribution in [0.4, 0.5) is 0 Å². The monoisotopic (exact) mass is 496 g/mol. The highest BCUT2D eigenvalue weighted by atomic mass is 16.5. The molecule has 1 atom stereocenters. The van der Waals surface area contributed by atoms with Crippen LogP contribution in [0.5, 0.6) is 0 Å². The highest BCUT2D eigenvalue weighted by Gasteiger charge is 2.15. The van der Waals surface area contributed by atoms with Gasteiger partial charge in [0.15, 0.2) is 0 Å². The molecule has 0 aliphatic carbocycles. The maximum Gasteiger partial charge on any atom is 0.305 e. The van der Waals surface area contributed by atoms with Crippen LogP contribution < -0.4 is 0 Å². The molecule has 0 aromatic heterocycles. The number of hydrogen-bond acceptors (Lipinski definition) is 4. The van der Waals surface area contributed by atoms with E-state index in [0.717, 1.165) is 57.8 Å². The minimum Gasteiger partial charge on any atom is -0.466 e. The molecule has 0 aromatic rings. The molecule has 0 saturated carbocycles. The topological polar surface area (TPSA) is 52.6 Å². The number of unbranched alkanes of at least 4 members (excludes halogenated alkanes) is 14. The van der Waals surface area contributed by atoms with Gasteiger partial charge in [-0.1, -0.05) is 124 Å². The third-order valence-electron chi connectivity index (χ3n) is 7.14. The smallest absolute Gasteiger partial charge is 0.305 e. The van der Waals surface area contributed by atoms with Crippen LogP contribution >= 0.6 is 0 Å². The largest absolute Gasteiger partial charge is 0.466 e. The van der Waals surface area contributed by atoms with Crippen molar-refractivity contribution < 1.29 is 19.1 Å². The van der Waals surface area contributed by atoms with E-state index >= 15 is 0 Å². The van der Waals surface area contributed by atoms with Crippen LogP contribution in [0.15, 0.2) is 0 Å². The van der Waals surface area contributed by atoms with Crippen LogP contribution in [-0.4, -0.2) is 25.2 Å². The van der Waals surface area contributed by atoms with E-state index in [0.29, 0.717) is 37.9 Å². The first-order valence-corrected chi connectivity index (χ1v) is 15.3. The lowest BCUT2D eigenvalue weighted by Gasteiger charge is -2.20. The highest BCUT2D eigenvalue weighted by molar-refractivity contribution is 5.69. The molecule has 0 heterocycles. The van der Waals surface area contributed by atoms with Crippen LogP contribution in [0, 0.1) is 11.8 Å². The van der Waals surface area contributed by atoms with Gasteiger partial charge in [-0.15, -0.1) is 0 Å². The summed E-state index contributed by atoms with van der Waals surface area (Å²) in [5.41, 5.74) is 0. The van der Waals surface area contributed by atoms with E-state index in [1.165, 1.54) is 64.2 Å². The third-order valence-corrected chi connectivity index (χ3v) is 7.14. The summed E-state index contributed by atoms with van der Waals surface area (Å²) in [5.74, 6) is 1.26. The summed E-state index contributed by atoms with van der Waals surface area (Å²) in [6.45, 7) is 10.1. The Bertz CT molecular complexity index is 475. The Morgan fingerprint density at radius 1 is 0.514 bits per heavy atom. The zero-order valence-electron chi connectivity index (χ0n) is 24.1. The molecule has 0 aromatic carbocycles. The van der Waals surface area contributed by atoms with Crippen molar-refractivity contribution in [3.63, 3.8) is 0 Å². The van der Waals surface area contributed by atoms with Gasteiger partial charge in [0, 0.05) is 12.8 Å². The van der Waals surface area contributed by atoms with Crippen molar-refractivity contribution in [2.24, 2.45) is 11.8 Å². The summed E-state index contributed by atoms with van der Waals surface area (Å²) in [5, 5.41) is 0. The fraction of sp³-hybridized carbons (Fsp3) is 0.935. The second kappa shape index (κ2) is 26.0. The van der Waals surface area contributed by atoms with Crippen LogP contribution in [0.3, 0.4) is 0 Å². The number of rotatable bonds is 26. The second-order valence-electron chi connectivity index (χ2n) is 10.8. The molecular weight excluding hydrogens is 436 g/mol. The lowest BCUT2D eigenvalue weighted by atomic mass is 9.86. The van der Waals surface area contributed by atoms with Gasteiger partial charge in [-0.2, -0.15) is 0 Å². The van der Waals surface area contributed by atoms with Gasteiger partial charge in [-0.05, 0) is 37.5 Å². The minimum atomic E-state index is -0.0128. The minimum absolute atomic E-state index is 0.00735. The van der Waals surface area contributed by atoms with Crippen molar-refractivity contribution in [2.75, 3.05) is 13.2 Å². The summed E-state index contributed by atoms with van der Waals surface area (Å²) in [6.07, 6.45) is 24.0. The molecule has 0 saturated heterocycles. The molecule has 1 unspecified atom stereocenters. The molecule has 0 aliphatic heterocycles. The maximum atomic E-state index is 11.9. The summed E-state index contributed by atoms with van der Waals surface area (Å²) >= 11 is 0. The predicted octanol–water partition coefficient (Wildman–Crippen LogP) is 9.58. The van der Waals surface area contributed by atoms with Crippen LogP contribution in [0.1, 0.15) is 163 Å². The molecule has 4 heteroatoms. The Morgan fingerprint density at radius 2 is 0.943 bits per heavy atom. The molecule has 0 aliphatic rings. The van der Waals surface area contributed by atoms with Gasteiger partial charge in [0.25, 0.3) is 0 Å². The Balaban J connectivity index is 3.51. The second-order valence-corrected chi connectivity index (χ2v) is 10.8. The number of ether oxygens (including phenoxy) is 2. The van der Waals surface area contributed by atoms with E-state index in [-0.39, 0.29) is 11.9 Å². The van der Waals surface area contributed by atoms with Crippen molar-refractivity contribution in [1.82, 2.24) is 0 Å². The van der Waals surface area contributed by atoms with Crippen molar-refractivity contribution in [1.29, 1.82) is 0 Å². The Morgan fingerprint density at radius 3 is 1.40 bits per heavy atom. The van der Waals surface area contributed by atoms with Gasteiger partial charge < -0.3 is 9.47 Å². The number of hydrogen-bond donors (Lipinski definition) is 0. The van der Waals surface area contributed by atoms with Gasteiger partial charge >= 0.3 is 11.9 Å². The Kier molecular flexibility index (Phi) is 25.2.